The smallest absolute Gasteiger partial charge is 0.257 e. The largest absolute Gasteiger partial charge is 0.483 e. The van der Waals surface area contributed by atoms with Crippen LogP contribution in [-0.2, 0) is 11.2 Å². The zero-order chi connectivity index (χ0) is 17.5. The molecule has 24 heavy (non-hydrogen) atoms. The van der Waals surface area contributed by atoms with Gasteiger partial charge in [-0.25, -0.2) is 0 Å². The highest BCUT2D eigenvalue weighted by Crippen LogP contribution is 2.23. The second-order valence-corrected chi connectivity index (χ2v) is 6.44. The van der Waals surface area contributed by atoms with Gasteiger partial charge in [-0.1, -0.05) is 35.9 Å². The average molecular weight is 325 g/mol. The zero-order valence-electron chi connectivity index (χ0n) is 15.1. The van der Waals surface area contributed by atoms with E-state index in [1.54, 1.807) is 0 Å². The second-order valence-electron chi connectivity index (χ2n) is 6.44. The topological polar surface area (TPSA) is 38.3 Å². The number of nitrogens with one attached hydrogen (secondary N) is 1. The summed E-state index contributed by atoms with van der Waals surface area (Å²) in [6.45, 7) is 8.93. The molecule has 0 spiro atoms. The van der Waals surface area contributed by atoms with Gasteiger partial charge in [0.05, 0.1) is 0 Å². The minimum absolute atomic E-state index is 0.0637. The molecule has 1 N–H and O–H groups in total. The van der Waals surface area contributed by atoms with Gasteiger partial charge in [-0.3, -0.25) is 4.79 Å². The van der Waals surface area contributed by atoms with Gasteiger partial charge >= 0.3 is 0 Å². The Bertz CT molecular complexity index is 707. The van der Waals surface area contributed by atoms with Crippen molar-refractivity contribution in [3.05, 3.63) is 64.2 Å². The predicted molar refractivity (Wildman–Crippen MR) is 98.7 cm³/mol. The van der Waals surface area contributed by atoms with Gasteiger partial charge in [-0.05, 0) is 68.9 Å². The van der Waals surface area contributed by atoms with Gasteiger partial charge in [0.1, 0.15) is 5.75 Å². The van der Waals surface area contributed by atoms with Crippen LogP contribution in [0, 0.1) is 27.7 Å². The van der Waals surface area contributed by atoms with Crippen molar-refractivity contribution >= 4 is 5.91 Å². The Hall–Kier alpha value is -2.29. The Balaban J connectivity index is 1.72. The lowest BCUT2D eigenvalue weighted by Crippen LogP contribution is -2.30. The number of rotatable bonds is 7. The number of hydrogen-bond donors (Lipinski definition) is 1. The third-order valence-corrected chi connectivity index (χ3v) is 4.17. The van der Waals surface area contributed by atoms with Crippen molar-refractivity contribution in [1.29, 1.82) is 0 Å². The summed E-state index contributed by atoms with van der Waals surface area (Å²) in [7, 11) is 0. The Morgan fingerprint density at radius 2 is 1.83 bits per heavy atom. The van der Waals surface area contributed by atoms with E-state index in [0.29, 0.717) is 6.54 Å². The maximum absolute atomic E-state index is 11.9. The summed E-state index contributed by atoms with van der Waals surface area (Å²) in [6, 6.07) is 12.6. The third kappa shape index (κ3) is 5.41. The molecular weight excluding hydrogens is 298 g/mol. The van der Waals surface area contributed by atoms with E-state index in [-0.39, 0.29) is 12.5 Å². The van der Waals surface area contributed by atoms with E-state index in [0.717, 1.165) is 29.7 Å². The number of amides is 1. The molecule has 1 amide bonds. The summed E-state index contributed by atoms with van der Waals surface area (Å²) >= 11 is 0. The molecule has 0 aliphatic rings. The van der Waals surface area contributed by atoms with Crippen molar-refractivity contribution in [3.8, 4) is 5.75 Å². The van der Waals surface area contributed by atoms with Crippen molar-refractivity contribution in [2.75, 3.05) is 13.2 Å². The molecule has 0 radical (unpaired) electrons. The molecule has 0 saturated heterocycles. The summed E-state index contributed by atoms with van der Waals surface area (Å²) in [5.41, 5.74) is 6.00. The van der Waals surface area contributed by atoms with Crippen LogP contribution >= 0.6 is 0 Å². The highest BCUT2D eigenvalue weighted by atomic mass is 16.5. The van der Waals surface area contributed by atoms with E-state index >= 15 is 0 Å². The molecule has 2 rings (SSSR count). The summed E-state index contributed by atoms with van der Waals surface area (Å²) < 4.78 is 5.68. The summed E-state index contributed by atoms with van der Waals surface area (Å²) in [5.74, 6) is 0.722. The molecule has 0 heterocycles. The minimum Gasteiger partial charge on any atom is -0.483 e. The van der Waals surface area contributed by atoms with Gasteiger partial charge in [0.25, 0.3) is 5.91 Å². The van der Waals surface area contributed by atoms with Crippen molar-refractivity contribution < 1.29 is 9.53 Å². The molecule has 0 atom stereocenters. The van der Waals surface area contributed by atoms with Gasteiger partial charge in [0.15, 0.2) is 6.61 Å². The van der Waals surface area contributed by atoms with Crippen LogP contribution in [0.5, 0.6) is 5.75 Å². The van der Waals surface area contributed by atoms with E-state index in [2.05, 4.69) is 49.5 Å². The lowest BCUT2D eigenvalue weighted by molar-refractivity contribution is -0.123. The van der Waals surface area contributed by atoms with E-state index in [9.17, 15) is 4.79 Å². The molecule has 0 unspecified atom stereocenters. The van der Waals surface area contributed by atoms with Gasteiger partial charge in [-0.2, -0.15) is 0 Å². The first-order chi connectivity index (χ1) is 11.5. The molecule has 0 aromatic heterocycles. The highest BCUT2D eigenvalue weighted by molar-refractivity contribution is 5.77. The van der Waals surface area contributed by atoms with Crippen LogP contribution in [-0.4, -0.2) is 19.1 Å². The summed E-state index contributed by atoms with van der Waals surface area (Å²) in [4.78, 5) is 11.9. The Morgan fingerprint density at radius 3 is 2.58 bits per heavy atom. The van der Waals surface area contributed by atoms with E-state index in [1.807, 2.05) is 19.9 Å². The first-order valence-electron chi connectivity index (χ1n) is 8.48. The van der Waals surface area contributed by atoms with Crippen molar-refractivity contribution in [1.82, 2.24) is 5.32 Å². The molecule has 128 valence electrons. The Kier molecular flexibility index (Phi) is 6.42. The number of aryl methyl sites for hydroxylation is 4. The number of carbonyl (C=O) groups excluding carboxylic acids is 1. The first-order valence-corrected chi connectivity index (χ1v) is 8.48. The molecular formula is C21H27NO2. The van der Waals surface area contributed by atoms with Crippen LogP contribution in [0.3, 0.4) is 0 Å². The molecule has 2 aromatic rings. The molecule has 2 aromatic carbocycles. The molecule has 0 bridgehead atoms. The number of ether oxygens (including phenoxy) is 1. The van der Waals surface area contributed by atoms with Gasteiger partial charge in [0, 0.05) is 6.54 Å². The molecule has 0 saturated carbocycles. The fraction of sp³-hybridized carbons (Fsp3) is 0.381. The normalized spacial score (nSPS) is 10.5. The molecule has 3 heteroatoms. The SMILES string of the molecule is Cc1cccc(CCCNC(=O)COc2cc(C)cc(C)c2C)c1. The highest BCUT2D eigenvalue weighted by Gasteiger charge is 2.07. The van der Waals surface area contributed by atoms with Crippen LogP contribution in [0.2, 0.25) is 0 Å². The number of carbonyl (C=O) groups is 1. The maximum Gasteiger partial charge on any atom is 0.257 e. The standard InChI is InChI=1S/C21H27NO2/c1-15-7-5-8-19(12-15)9-6-10-22-21(23)14-24-20-13-16(2)11-17(3)18(20)4/h5,7-8,11-13H,6,9-10,14H2,1-4H3,(H,22,23). The molecule has 0 fully saturated rings. The van der Waals surface area contributed by atoms with Crippen molar-refractivity contribution in [2.24, 2.45) is 0 Å². The number of hydrogen-bond acceptors (Lipinski definition) is 2. The quantitative estimate of drug-likeness (QED) is 0.780. The fourth-order valence-electron chi connectivity index (χ4n) is 2.73. The predicted octanol–water partition coefficient (Wildman–Crippen LogP) is 4.05. The van der Waals surface area contributed by atoms with Gasteiger partial charge < -0.3 is 10.1 Å². The lowest BCUT2D eigenvalue weighted by atomic mass is 10.1. The molecule has 0 aliphatic carbocycles. The maximum atomic E-state index is 11.9. The summed E-state index contributed by atoms with van der Waals surface area (Å²) in [5, 5.41) is 2.92. The monoisotopic (exact) mass is 325 g/mol. The van der Waals surface area contributed by atoms with Crippen molar-refractivity contribution in [3.63, 3.8) is 0 Å². The van der Waals surface area contributed by atoms with Crippen LogP contribution < -0.4 is 10.1 Å². The van der Waals surface area contributed by atoms with E-state index < -0.39 is 0 Å². The molecule has 3 nitrogen and oxygen atoms in total. The Labute approximate surface area is 145 Å². The van der Waals surface area contributed by atoms with E-state index in [1.165, 1.54) is 16.7 Å². The Morgan fingerprint density at radius 1 is 1.04 bits per heavy atom. The van der Waals surface area contributed by atoms with Gasteiger partial charge in [-0.15, -0.1) is 0 Å². The van der Waals surface area contributed by atoms with Crippen LogP contribution in [0.25, 0.3) is 0 Å². The average Bonchev–Trinajstić information content (AvgIpc) is 2.53. The van der Waals surface area contributed by atoms with Crippen molar-refractivity contribution in [2.45, 2.75) is 40.5 Å². The van der Waals surface area contributed by atoms with Crippen LogP contribution in [0.4, 0.5) is 0 Å². The minimum atomic E-state index is -0.0715. The van der Waals surface area contributed by atoms with Crippen LogP contribution in [0.1, 0.15) is 34.2 Å². The second kappa shape index (κ2) is 8.53. The van der Waals surface area contributed by atoms with Crippen LogP contribution in [0.15, 0.2) is 36.4 Å². The third-order valence-electron chi connectivity index (χ3n) is 4.17. The lowest BCUT2D eigenvalue weighted by Gasteiger charge is -2.12. The molecule has 0 aliphatic heterocycles. The summed E-state index contributed by atoms with van der Waals surface area (Å²) in [6.07, 6.45) is 1.90. The zero-order valence-corrected chi connectivity index (χ0v) is 15.1. The van der Waals surface area contributed by atoms with E-state index in [4.69, 9.17) is 4.74 Å². The number of benzene rings is 2. The van der Waals surface area contributed by atoms with Gasteiger partial charge in [0.2, 0.25) is 0 Å². The fourth-order valence-corrected chi connectivity index (χ4v) is 2.73. The first kappa shape index (κ1) is 18.1.